The number of anilines is 2. The van der Waals surface area contributed by atoms with E-state index in [-0.39, 0.29) is 6.04 Å². The van der Waals surface area contributed by atoms with E-state index in [4.69, 9.17) is 4.74 Å². The molecule has 0 aliphatic rings. The molecule has 0 radical (unpaired) electrons. The summed E-state index contributed by atoms with van der Waals surface area (Å²) in [6, 6.07) is 8.79. The third kappa shape index (κ3) is 3.61. The Labute approximate surface area is 120 Å². The SMILES string of the molecule is CCCc1ccc(Nc2nccn2C(C)COC)cc1. The van der Waals surface area contributed by atoms with Crippen molar-refractivity contribution in [3.05, 3.63) is 42.2 Å². The topological polar surface area (TPSA) is 39.1 Å². The fourth-order valence-electron chi connectivity index (χ4n) is 2.26. The normalized spacial score (nSPS) is 12.3. The summed E-state index contributed by atoms with van der Waals surface area (Å²) in [7, 11) is 1.72. The molecule has 0 saturated carbocycles. The molecule has 2 aromatic rings. The van der Waals surface area contributed by atoms with Crippen molar-refractivity contribution in [2.45, 2.75) is 32.7 Å². The van der Waals surface area contributed by atoms with Crippen LogP contribution in [0.1, 0.15) is 31.9 Å². The van der Waals surface area contributed by atoms with Gasteiger partial charge in [0.1, 0.15) is 0 Å². The van der Waals surface area contributed by atoms with Crippen LogP contribution >= 0.6 is 0 Å². The molecule has 0 aliphatic carbocycles. The molecule has 0 aliphatic heterocycles. The first-order valence-electron chi connectivity index (χ1n) is 7.12. The summed E-state index contributed by atoms with van der Waals surface area (Å²) in [6.07, 6.45) is 6.07. The van der Waals surface area contributed by atoms with E-state index in [0.29, 0.717) is 6.61 Å². The summed E-state index contributed by atoms with van der Waals surface area (Å²) >= 11 is 0. The zero-order valence-corrected chi connectivity index (χ0v) is 12.5. The van der Waals surface area contributed by atoms with Crippen molar-refractivity contribution in [2.24, 2.45) is 0 Å². The van der Waals surface area contributed by atoms with Crippen molar-refractivity contribution in [2.75, 3.05) is 19.0 Å². The van der Waals surface area contributed by atoms with Gasteiger partial charge in [-0.15, -0.1) is 0 Å². The number of ether oxygens (including phenoxy) is 1. The van der Waals surface area contributed by atoms with Crippen LogP contribution in [0.4, 0.5) is 11.6 Å². The lowest BCUT2D eigenvalue weighted by Crippen LogP contribution is -2.12. The average molecular weight is 273 g/mol. The lowest BCUT2D eigenvalue weighted by molar-refractivity contribution is 0.163. The summed E-state index contributed by atoms with van der Waals surface area (Å²) in [5, 5.41) is 3.36. The Bertz CT molecular complexity index is 519. The zero-order valence-electron chi connectivity index (χ0n) is 12.5. The van der Waals surface area contributed by atoms with Crippen molar-refractivity contribution < 1.29 is 4.74 Å². The molecule has 0 amide bonds. The van der Waals surface area contributed by atoms with Crippen LogP contribution in [-0.4, -0.2) is 23.3 Å². The van der Waals surface area contributed by atoms with Crippen LogP contribution in [0.3, 0.4) is 0 Å². The number of aromatic nitrogens is 2. The van der Waals surface area contributed by atoms with Gasteiger partial charge < -0.3 is 14.6 Å². The number of aryl methyl sites for hydroxylation is 1. The van der Waals surface area contributed by atoms with Gasteiger partial charge in [0.2, 0.25) is 5.95 Å². The van der Waals surface area contributed by atoms with E-state index in [1.165, 1.54) is 12.0 Å². The van der Waals surface area contributed by atoms with Crippen molar-refractivity contribution in [3.63, 3.8) is 0 Å². The van der Waals surface area contributed by atoms with Crippen LogP contribution in [0, 0.1) is 0 Å². The van der Waals surface area contributed by atoms with Crippen LogP contribution in [0.2, 0.25) is 0 Å². The van der Waals surface area contributed by atoms with E-state index < -0.39 is 0 Å². The predicted octanol–water partition coefficient (Wildman–Crippen LogP) is 3.79. The molecule has 108 valence electrons. The highest BCUT2D eigenvalue weighted by molar-refractivity contribution is 5.54. The highest BCUT2D eigenvalue weighted by Gasteiger charge is 2.09. The molecule has 20 heavy (non-hydrogen) atoms. The summed E-state index contributed by atoms with van der Waals surface area (Å²) in [5.74, 6) is 0.845. The minimum Gasteiger partial charge on any atom is -0.383 e. The van der Waals surface area contributed by atoms with Crippen LogP contribution in [0.15, 0.2) is 36.7 Å². The van der Waals surface area contributed by atoms with E-state index in [1.807, 2.05) is 6.20 Å². The molecule has 0 bridgehead atoms. The van der Waals surface area contributed by atoms with Crippen molar-refractivity contribution in [1.29, 1.82) is 0 Å². The van der Waals surface area contributed by atoms with Crippen molar-refractivity contribution >= 4 is 11.6 Å². The Balaban J connectivity index is 2.08. The van der Waals surface area contributed by atoms with Gasteiger partial charge in [-0.25, -0.2) is 4.98 Å². The van der Waals surface area contributed by atoms with Gasteiger partial charge in [0.05, 0.1) is 12.6 Å². The standard InChI is InChI=1S/C16H23N3O/c1-4-5-14-6-8-15(9-7-14)18-16-17-10-11-19(16)13(2)12-20-3/h6-11,13H,4-5,12H2,1-3H3,(H,17,18). The van der Waals surface area contributed by atoms with Crippen LogP contribution < -0.4 is 5.32 Å². The van der Waals surface area contributed by atoms with Crippen molar-refractivity contribution in [3.8, 4) is 0 Å². The molecular weight excluding hydrogens is 250 g/mol. The van der Waals surface area contributed by atoms with E-state index in [9.17, 15) is 0 Å². The molecule has 4 nitrogen and oxygen atoms in total. The Hall–Kier alpha value is -1.81. The number of methoxy groups -OCH3 is 1. The second-order valence-corrected chi connectivity index (χ2v) is 5.03. The summed E-state index contributed by atoms with van der Waals surface area (Å²) in [5.41, 5.74) is 2.43. The first-order chi connectivity index (χ1) is 9.74. The van der Waals surface area contributed by atoms with E-state index in [1.54, 1.807) is 13.3 Å². The van der Waals surface area contributed by atoms with Gasteiger partial charge in [0.25, 0.3) is 0 Å². The quantitative estimate of drug-likeness (QED) is 0.834. The van der Waals surface area contributed by atoms with Gasteiger partial charge in [0, 0.05) is 25.2 Å². The monoisotopic (exact) mass is 273 g/mol. The third-order valence-corrected chi connectivity index (χ3v) is 3.30. The lowest BCUT2D eigenvalue weighted by Gasteiger charge is -2.16. The summed E-state index contributed by atoms with van der Waals surface area (Å²) < 4.78 is 7.29. The molecule has 1 aromatic heterocycles. The number of rotatable bonds is 7. The maximum absolute atomic E-state index is 5.20. The maximum Gasteiger partial charge on any atom is 0.207 e. The molecule has 2 rings (SSSR count). The summed E-state index contributed by atoms with van der Waals surface area (Å²) in [6.45, 7) is 4.97. The number of nitrogens with one attached hydrogen (secondary N) is 1. The van der Waals surface area contributed by atoms with Gasteiger partial charge in [-0.3, -0.25) is 0 Å². The van der Waals surface area contributed by atoms with Crippen molar-refractivity contribution in [1.82, 2.24) is 9.55 Å². The van der Waals surface area contributed by atoms with Crippen LogP contribution in [-0.2, 0) is 11.2 Å². The fourth-order valence-corrected chi connectivity index (χ4v) is 2.26. The van der Waals surface area contributed by atoms with E-state index in [2.05, 4.69) is 53.0 Å². The number of hydrogen-bond acceptors (Lipinski definition) is 3. The first kappa shape index (κ1) is 14.6. The smallest absolute Gasteiger partial charge is 0.207 e. The van der Waals surface area contributed by atoms with E-state index >= 15 is 0 Å². The number of imidazole rings is 1. The molecule has 1 atom stereocenters. The zero-order chi connectivity index (χ0) is 14.4. The summed E-state index contributed by atoms with van der Waals surface area (Å²) in [4.78, 5) is 4.37. The van der Waals surface area contributed by atoms with Crippen LogP contribution in [0.25, 0.3) is 0 Å². The Kier molecular flexibility index (Phi) is 5.18. The van der Waals surface area contributed by atoms with E-state index in [0.717, 1.165) is 18.1 Å². The van der Waals surface area contributed by atoms with Crippen LogP contribution in [0.5, 0.6) is 0 Å². The molecule has 0 saturated heterocycles. The van der Waals surface area contributed by atoms with Gasteiger partial charge in [-0.1, -0.05) is 25.5 Å². The van der Waals surface area contributed by atoms with Gasteiger partial charge in [-0.2, -0.15) is 0 Å². The Morgan fingerprint density at radius 3 is 2.70 bits per heavy atom. The molecule has 4 heteroatoms. The number of nitrogens with zero attached hydrogens (tertiary/aromatic N) is 2. The fraction of sp³-hybridized carbons (Fsp3) is 0.438. The largest absolute Gasteiger partial charge is 0.383 e. The molecule has 1 aromatic carbocycles. The Morgan fingerprint density at radius 2 is 2.05 bits per heavy atom. The molecular formula is C16H23N3O. The predicted molar refractivity (Wildman–Crippen MR) is 82.5 cm³/mol. The number of hydrogen-bond donors (Lipinski definition) is 1. The Morgan fingerprint density at radius 1 is 1.30 bits per heavy atom. The van der Waals surface area contributed by atoms with Gasteiger partial charge in [-0.05, 0) is 31.0 Å². The molecule has 0 fully saturated rings. The second kappa shape index (κ2) is 7.10. The van der Waals surface area contributed by atoms with Gasteiger partial charge in [0.15, 0.2) is 0 Å². The molecule has 1 heterocycles. The maximum atomic E-state index is 5.20. The highest BCUT2D eigenvalue weighted by Crippen LogP contribution is 2.19. The molecule has 1 N–H and O–H groups in total. The van der Waals surface area contributed by atoms with Gasteiger partial charge >= 0.3 is 0 Å². The second-order valence-electron chi connectivity index (χ2n) is 5.03. The molecule has 0 spiro atoms. The lowest BCUT2D eigenvalue weighted by atomic mass is 10.1. The first-order valence-corrected chi connectivity index (χ1v) is 7.12. The third-order valence-electron chi connectivity index (χ3n) is 3.30. The molecule has 1 unspecified atom stereocenters. The minimum atomic E-state index is 0.254. The number of benzene rings is 1. The minimum absolute atomic E-state index is 0.254. The average Bonchev–Trinajstić information content (AvgIpc) is 2.90. The highest BCUT2D eigenvalue weighted by atomic mass is 16.5.